The summed E-state index contributed by atoms with van der Waals surface area (Å²) in [4.78, 5) is 42.9. The number of benzene rings is 2. The Kier molecular flexibility index (Phi) is 8.08. The molecule has 214 valence electrons. The Bertz CT molecular complexity index is 1250. The second-order valence-corrected chi connectivity index (χ2v) is 11.5. The fraction of sp³-hybridized carbons (Fsp3) is 0.483. The quantitative estimate of drug-likeness (QED) is 0.350. The first-order valence-corrected chi connectivity index (χ1v) is 14.4. The van der Waals surface area contributed by atoms with Crippen LogP contribution in [0.25, 0.3) is 0 Å². The van der Waals surface area contributed by atoms with Gasteiger partial charge in [-0.15, -0.1) is 0 Å². The minimum atomic E-state index is -1.23. The Labute approximate surface area is 241 Å². The summed E-state index contributed by atoms with van der Waals surface area (Å²) < 4.78 is 17.2. The molecule has 7 atom stereocenters. The zero-order valence-electron chi connectivity index (χ0n) is 22.6. The summed E-state index contributed by atoms with van der Waals surface area (Å²) >= 11 is 3.67. The SMILES string of the molecule is CCOc1ccc(NC(=O)[C@H]2[C@@H]3OC4(CC3Br)C(C(=O)Nc3ccc(OC)cc3)N([C@@H](CC)CO)C(=O)[C@H]24)cc1. The molecule has 2 aromatic carbocycles. The van der Waals surface area contributed by atoms with Crippen LogP contribution in [-0.2, 0) is 19.1 Å². The molecule has 11 heteroatoms. The highest BCUT2D eigenvalue weighted by atomic mass is 79.9. The van der Waals surface area contributed by atoms with E-state index in [-0.39, 0.29) is 23.2 Å². The molecule has 1 spiro atoms. The number of ether oxygens (including phenoxy) is 3. The number of nitrogens with one attached hydrogen (secondary N) is 2. The van der Waals surface area contributed by atoms with E-state index in [0.29, 0.717) is 42.3 Å². The monoisotopic (exact) mass is 615 g/mol. The molecule has 10 nitrogen and oxygen atoms in total. The lowest BCUT2D eigenvalue weighted by Gasteiger charge is -2.36. The van der Waals surface area contributed by atoms with Crippen molar-refractivity contribution in [3.8, 4) is 11.5 Å². The molecule has 3 aliphatic heterocycles. The number of anilines is 2. The minimum Gasteiger partial charge on any atom is -0.497 e. The van der Waals surface area contributed by atoms with Gasteiger partial charge in [0.25, 0.3) is 0 Å². The van der Waals surface area contributed by atoms with Gasteiger partial charge in [-0.3, -0.25) is 14.4 Å². The van der Waals surface area contributed by atoms with Crippen LogP contribution in [0.15, 0.2) is 48.5 Å². The lowest BCUT2D eigenvalue weighted by atomic mass is 9.70. The molecule has 3 unspecified atom stereocenters. The number of halogens is 1. The number of carbonyl (C=O) groups excluding carboxylic acids is 3. The van der Waals surface area contributed by atoms with Crippen LogP contribution in [0.4, 0.5) is 11.4 Å². The molecule has 5 rings (SSSR count). The van der Waals surface area contributed by atoms with Crippen LogP contribution in [0.1, 0.15) is 26.7 Å². The Morgan fingerprint density at radius 3 is 2.23 bits per heavy atom. The van der Waals surface area contributed by atoms with Gasteiger partial charge in [0.05, 0.1) is 44.3 Å². The van der Waals surface area contributed by atoms with Crippen LogP contribution in [0.5, 0.6) is 11.5 Å². The number of hydrogen-bond acceptors (Lipinski definition) is 7. The third-order valence-corrected chi connectivity index (χ3v) is 8.99. The summed E-state index contributed by atoms with van der Waals surface area (Å²) in [6.45, 7) is 3.95. The lowest BCUT2D eigenvalue weighted by Crippen LogP contribution is -2.56. The predicted molar refractivity (Wildman–Crippen MR) is 152 cm³/mol. The minimum absolute atomic E-state index is 0.238. The fourth-order valence-electron chi connectivity index (χ4n) is 6.39. The summed E-state index contributed by atoms with van der Waals surface area (Å²) in [6.07, 6.45) is 0.214. The molecule has 0 saturated carbocycles. The van der Waals surface area contributed by atoms with Crippen molar-refractivity contribution >= 4 is 45.0 Å². The van der Waals surface area contributed by atoms with Crippen molar-refractivity contribution in [1.29, 1.82) is 0 Å². The summed E-state index contributed by atoms with van der Waals surface area (Å²) in [5, 5.41) is 16.0. The fourth-order valence-corrected chi connectivity index (χ4v) is 7.33. The van der Waals surface area contributed by atoms with Gasteiger partial charge in [0, 0.05) is 16.2 Å². The predicted octanol–water partition coefficient (Wildman–Crippen LogP) is 3.19. The van der Waals surface area contributed by atoms with E-state index >= 15 is 0 Å². The maximum absolute atomic E-state index is 14.1. The molecular weight excluding hydrogens is 582 g/mol. The maximum Gasteiger partial charge on any atom is 0.250 e. The normalized spacial score (nSPS) is 29.2. The largest absolute Gasteiger partial charge is 0.497 e. The molecule has 3 saturated heterocycles. The van der Waals surface area contributed by atoms with Crippen LogP contribution in [0.2, 0.25) is 0 Å². The Morgan fingerprint density at radius 2 is 1.68 bits per heavy atom. The molecule has 40 heavy (non-hydrogen) atoms. The van der Waals surface area contributed by atoms with Gasteiger partial charge in [-0.25, -0.2) is 0 Å². The zero-order chi connectivity index (χ0) is 28.6. The number of aliphatic hydroxyl groups excluding tert-OH is 1. The van der Waals surface area contributed by atoms with Gasteiger partial charge in [-0.05, 0) is 68.3 Å². The summed E-state index contributed by atoms with van der Waals surface area (Å²) in [5.41, 5.74) is -0.132. The number of hydrogen-bond donors (Lipinski definition) is 3. The maximum atomic E-state index is 14.1. The van der Waals surface area contributed by atoms with Crippen molar-refractivity contribution in [1.82, 2.24) is 4.90 Å². The molecule has 3 amide bonds. The van der Waals surface area contributed by atoms with Gasteiger partial charge in [0.2, 0.25) is 17.7 Å². The lowest BCUT2D eigenvalue weighted by molar-refractivity contribution is -0.143. The standard InChI is InChI=1S/C29H34BrN3O7/c1-4-18(15-34)33-25(27(36)32-17-6-10-19(38-3)11-7-17)29-14-21(30)24(40-29)22(23(29)28(33)37)26(35)31-16-8-12-20(13-9-16)39-5-2/h6-13,18,21-25,34H,4-5,14-15H2,1-3H3,(H,31,35)(H,32,36)/t18-,21?,22+,23-,24+,25?,29?/m0/s1. The molecule has 3 N–H and O–H groups in total. The first kappa shape index (κ1) is 28.4. The van der Waals surface area contributed by atoms with E-state index in [2.05, 4.69) is 26.6 Å². The van der Waals surface area contributed by atoms with Gasteiger partial charge in [-0.2, -0.15) is 0 Å². The topological polar surface area (TPSA) is 126 Å². The van der Waals surface area contributed by atoms with Gasteiger partial charge < -0.3 is 34.9 Å². The summed E-state index contributed by atoms with van der Waals surface area (Å²) in [6, 6.07) is 12.3. The molecule has 2 bridgehead atoms. The van der Waals surface area contributed by atoms with E-state index in [1.807, 2.05) is 13.8 Å². The van der Waals surface area contributed by atoms with Crippen LogP contribution < -0.4 is 20.1 Å². The van der Waals surface area contributed by atoms with Crippen molar-refractivity contribution in [3.63, 3.8) is 0 Å². The van der Waals surface area contributed by atoms with E-state index in [1.165, 1.54) is 4.90 Å². The van der Waals surface area contributed by atoms with E-state index in [4.69, 9.17) is 14.2 Å². The number of carbonyl (C=O) groups is 3. The number of aliphatic hydroxyl groups is 1. The second-order valence-electron chi connectivity index (χ2n) is 10.3. The van der Waals surface area contributed by atoms with Gasteiger partial charge in [0.1, 0.15) is 23.1 Å². The van der Waals surface area contributed by atoms with Gasteiger partial charge >= 0.3 is 0 Å². The highest BCUT2D eigenvalue weighted by molar-refractivity contribution is 9.09. The van der Waals surface area contributed by atoms with Gasteiger partial charge in [-0.1, -0.05) is 22.9 Å². The molecule has 0 radical (unpaired) electrons. The Balaban J connectivity index is 1.46. The first-order valence-electron chi connectivity index (χ1n) is 13.5. The average Bonchev–Trinajstić information content (AvgIpc) is 3.54. The Hall–Kier alpha value is -3.15. The Morgan fingerprint density at radius 1 is 1.07 bits per heavy atom. The number of nitrogens with zero attached hydrogens (tertiary/aromatic N) is 1. The smallest absolute Gasteiger partial charge is 0.250 e. The molecule has 3 aliphatic rings. The highest BCUT2D eigenvalue weighted by Crippen LogP contribution is 2.60. The number of methoxy groups -OCH3 is 1. The first-order chi connectivity index (χ1) is 19.3. The number of amides is 3. The average molecular weight is 617 g/mol. The third kappa shape index (κ3) is 4.73. The summed E-state index contributed by atoms with van der Waals surface area (Å²) in [5.74, 6) is -1.51. The second kappa shape index (κ2) is 11.4. The van der Waals surface area contributed by atoms with Crippen LogP contribution in [0.3, 0.4) is 0 Å². The number of fused-ring (bicyclic) bond motifs is 1. The van der Waals surface area contributed by atoms with Crippen LogP contribution in [-0.4, -0.2) is 76.7 Å². The molecule has 0 aromatic heterocycles. The van der Waals surface area contributed by atoms with E-state index in [9.17, 15) is 19.5 Å². The molecule has 0 aliphatic carbocycles. The molecule has 3 heterocycles. The zero-order valence-corrected chi connectivity index (χ0v) is 24.2. The molecule has 2 aromatic rings. The van der Waals surface area contributed by atoms with Crippen molar-refractivity contribution in [3.05, 3.63) is 48.5 Å². The highest BCUT2D eigenvalue weighted by Gasteiger charge is 2.77. The number of alkyl halides is 1. The molecule has 3 fully saturated rings. The molecular formula is C29H34BrN3O7. The number of likely N-dealkylation sites (tertiary alicyclic amines) is 1. The van der Waals surface area contributed by atoms with E-state index in [0.717, 1.165) is 0 Å². The van der Waals surface area contributed by atoms with E-state index in [1.54, 1.807) is 55.6 Å². The third-order valence-electron chi connectivity index (χ3n) is 8.14. The summed E-state index contributed by atoms with van der Waals surface area (Å²) in [7, 11) is 1.56. The van der Waals surface area contributed by atoms with Crippen molar-refractivity contribution in [2.45, 2.75) is 55.3 Å². The van der Waals surface area contributed by atoms with Crippen LogP contribution >= 0.6 is 15.9 Å². The van der Waals surface area contributed by atoms with Crippen molar-refractivity contribution in [2.24, 2.45) is 11.8 Å². The van der Waals surface area contributed by atoms with E-state index < -0.39 is 41.5 Å². The van der Waals surface area contributed by atoms with Crippen LogP contribution in [0, 0.1) is 11.8 Å². The van der Waals surface area contributed by atoms with Gasteiger partial charge in [0.15, 0.2) is 0 Å². The number of rotatable bonds is 10. The van der Waals surface area contributed by atoms with Crippen molar-refractivity contribution < 1.29 is 33.7 Å². The van der Waals surface area contributed by atoms with Crippen molar-refractivity contribution in [2.75, 3.05) is 31.0 Å².